The number of carbonyl (C=O) groups is 1. The maximum absolute atomic E-state index is 12.2. The van der Waals surface area contributed by atoms with E-state index in [9.17, 15) is 4.79 Å². The number of halogens is 1. The van der Waals surface area contributed by atoms with Crippen LogP contribution in [-0.2, 0) is 11.8 Å². The molecule has 0 bridgehead atoms. The molecule has 2 aromatic rings. The van der Waals surface area contributed by atoms with Crippen molar-refractivity contribution in [2.45, 2.75) is 45.6 Å². The van der Waals surface area contributed by atoms with Gasteiger partial charge in [-0.15, -0.1) is 0 Å². The number of anilines is 1. The van der Waals surface area contributed by atoms with Gasteiger partial charge in [0.15, 0.2) is 0 Å². The standard InChI is InChI=1S/C21H29BrN4O2/c1-14(2)11-20(27)25-16-6-7-19(28-10-8-15-5-4-9-23-15)17(12-16)21-18(22)13-24-26(21)3/h6-7,12-15,23H,4-5,8-11H2,1-3H3,(H,25,27). The second-order valence-electron chi connectivity index (χ2n) is 7.75. The summed E-state index contributed by atoms with van der Waals surface area (Å²) in [6.07, 6.45) is 5.70. The van der Waals surface area contributed by atoms with Crippen LogP contribution >= 0.6 is 15.9 Å². The van der Waals surface area contributed by atoms with Crippen LogP contribution in [0.1, 0.15) is 39.5 Å². The molecule has 1 aliphatic rings. The highest BCUT2D eigenvalue weighted by molar-refractivity contribution is 9.10. The maximum Gasteiger partial charge on any atom is 0.224 e. The van der Waals surface area contributed by atoms with Gasteiger partial charge < -0.3 is 15.4 Å². The average Bonchev–Trinajstić information content (AvgIpc) is 3.25. The molecule has 1 fully saturated rings. The Morgan fingerprint density at radius 1 is 1.46 bits per heavy atom. The summed E-state index contributed by atoms with van der Waals surface area (Å²) in [5, 5.41) is 10.8. The van der Waals surface area contributed by atoms with Crippen molar-refractivity contribution in [1.29, 1.82) is 0 Å². The molecule has 0 saturated carbocycles. The number of hydrogen-bond acceptors (Lipinski definition) is 4. The van der Waals surface area contributed by atoms with Gasteiger partial charge in [-0.1, -0.05) is 13.8 Å². The van der Waals surface area contributed by atoms with E-state index in [4.69, 9.17) is 4.74 Å². The zero-order chi connectivity index (χ0) is 20.1. The van der Waals surface area contributed by atoms with Crippen molar-refractivity contribution in [2.75, 3.05) is 18.5 Å². The summed E-state index contributed by atoms with van der Waals surface area (Å²) in [5.41, 5.74) is 2.60. The molecule has 1 saturated heterocycles. The van der Waals surface area contributed by atoms with Gasteiger partial charge in [0.05, 0.1) is 23.0 Å². The Bertz CT molecular complexity index is 793. The number of benzene rings is 1. The fourth-order valence-corrected chi connectivity index (χ4v) is 4.09. The van der Waals surface area contributed by atoms with E-state index in [-0.39, 0.29) is 5.91 Å². The predicted molar refractivity (Wildman–Crippen MR) is 116 cm³/mol. The first-order chi connectivity index (χ1) is 13.4. The predicted octanol–water partition coefficient (Wildman–Crippen LogP) is 4.36. The number of nitrogens with zero attached hydrogens (tertiary/aromatic N) is 2. The SMILES string of the molecule is CC(C)CC(=O)Nc1ccc(OCCC2CCCN2)c(-c2c(Br)cnn2C)c1. The molecule has 1 aliphatic heterocycles. The molecular weight excluding hydrogens is 420 g/mol. The summed E-state index contributed by atoms with van der Waals surface area (Å²) in [5.74, 6) is 1.13. The molecule has 1 amide bonds. The first-order valence-corrected chi connectivity index (χ1v) is 10.7. The summed E-state index contributed by atoms with van der Waals surface area (Å²) in [4.78, 5) is 12.2. The second-order valence-corrected chi connectivity index (χ2v) is 8.61. The Hall–Kier alpha value is -1.86. The van der Waals surface area contributed by atoms with E-state index in [1.165, 1.54) is 12.8 Å². The lowest BCUT2D eigenvalue weighted by Crippen LogP contribution is -2.23. The Kier molecular flexibility index (Phi) is 7.13. The second kappa shape index (κ2) is 9.56. The number of aryl methyl sites for hydroxylation is 1. The van der Waals surface area contributed by atoms with Crippen LogP contribution in [0, 0.1) is 5.92 Å². The molecule has 2 heterocycles. The van der Waals surface area contributed by atoms with Crippen molar-refractivity contribution in [3.63, 3.8) is 0 Å². The molecule has 0 spiro atoms. The van der Waals surface area contributed by atoms with Gasteiger partial charge in [0.25, 0.3) is 0 Å². The highest BCUT2D eigenvalue weighted by atomic mass is 79.9. The van der Waals surface area contributed by atoms with Crippen molar-refractivity contribution >= 4 is 27.5 Å². The fraction of sp³-hybridized carbons (Fsp3) is 0.524. The van der Waals surface area contributed by atoms with Crippen molar-refractivity contribution in [3.05, 3.63) is 28.9 Å². The van der Waals surface area contributed by atoms with Crippen molar-refractivity contribution in [3.8, 4) is 17.0 Å². The Morgan fingerprint density at radius 3 is 2.93 bits per heavy atom. The number of hydrogen-bond donors (Lipinski definition) is 2. The third-order valence-electron chi connectivity index (χ3n) is 4.89. The van der Waals surface area contributed by atoms with Crippen molar-refractivity contribution in [2.24, 2.45) is 13.0 Å². The lowest BCUT2D eigenvalue weighted by atomic mass is 10.1. The fourth-order valence-electron chi connectivity index (χ4n) is 3.53. The van der Waals surface area contributed by atoms with Gasteiger partial charge in [0, 0.05) is 30.8 Å². The van der Waals surface area contributed by atoms with E-state index >= 15 is 0 Å². The van der Waals surface area contributed by atoms with Gasteiger partial charge in [0.1, 0.15) is 5.75 Å². The molecule has 1 atom stereocenters. The van der Waals surface area contributed by atoms with Crippen LogP contribution in [-0.4, -0.2) is 34.9 Å². The maximum atomic E-state index is 12.2. The molecule has 1 aromatic heterocycles. The van der Waals surface area contributed by atoms with Gasteiger partial charge in [-0.05, 0) is 65.9 Å². The number of amides is 1. The number of aromatic nitrogens is 2. The third kappa shape index (κ3) is 5.35. The van der Waals surface area contributed by atoms with Crippen molar-refractivity contribution in [1.82, 2.24) is 15.1 Å². The van der Waals surface area contributed by atoms with E-state index in [1.807, 2.05) is 43.8 Å². The van der Waals surface area contributed by atoms with Crippen LogP contribution in [0.15, 0.2) is 28.9 Å². The van der Waals surface area contributed by atoms with E-state index < -0.39 is 0 Å². The first kappa shape index (κ1) is 20.9. The van der Waals surface area contributed by atoms with E-state index in [1.54, 1.807) is 6.20 Å². The number of rotatable bonds is 8. The Labute approximate surface area is 175 Å². The minimum absolute atomic E-state index is 0.0194. The molecule has 1 aromatic carbocycles. The van der Waals surface area contributed by atoms with Crippen LogP contribution in [0.3, 0.4) is 0 Å². The molecule has 3 rings (SSSR count). The summed E-state index contributed by atoms with van der Waals surface area (Å²) in [6, 6.07) is 6.33. The molecule has 2 N–H and O–H groups in total. The van der Waals surface area contributed by atoms with Gasteiger partial charge in [0.2, 0.25) is 5.91 Å². The molecule has 7 heteroatoms. The zero-order valence-corrected chi connectivity index (χ0v) is 18.4. The van der Waals surface area contributed by atoms with Gasteiger partial charge in [-0.25, -0.2) is 0 Å². The minimum Gasteiger partial charge on any atom is -0.493 e. The van der Waals surface area contributed by atoms with Crippen LogP contribution in [0.4, 0.5) is 5.69 Å². The average molecular weight is 449 g/mol. The molecule has 6 nitrogen and oxygen atoms in total. The van der Waals surface area contributed by atoms with Gasteiger partial charge >= 0.3 is 0 Å². The number of nitrogens with one attached hydrogen (secondary N) is 2. The highest BCUT2D eigenvalue weighted by Crippen LogP contribution is 2.37. The van der Waals surface area contributed by atoms with Crippen LogP contribution in [0.5, 0.6) is 5.75 Å². The molecular formula is C21H29BrN4O2. The monoisotopic (exact) mass is 448 g/mol. The molecule has 28 heavy (non-hydrogen) atoms. The minimum atomic E-state index is 0.0194. The summed E-state index contributed by atoms with van der Waals surface area (Å²) in [6.45, 7) is 5.82. The topological polar surface area (TPSA) is 68.2 Å². The van der Waals surface area contributed by atoms with E-state index in [0.29, 0.717) is 25.0 Å². The quantitative estimate of drug-likeness (QED) is 0.629. The molecule has 0 aliphatic carbocycles. The molecule has 1 unspecified atom stereocenters. The molecule has 0 radical (unpaired) electrons. The third-order valence-corrected chi connectivity index (χ3v) is 5.47. The van der Waals surface area contributed by atoms with Gasteiger partial charge in [-0.3, -0.25) is 9.48 Å². The van der Waals surface area contributed by atoms with E-state index in [0.717, 1.165) is 40.1 Å². The smallest absolute Gasteiger partial charge is 0.224 e. The van der Waals surface area contributed by atoms with Crippen molar-refractivity contribution < 1.29 is 9.53 Å². The van der Waals surface area contributed by atoms with Crippen LogP contribution in [0.25, 0.3) is 11.3 Å². The molecule has 152 valence electrons. The lowest BCUT2D eigenvalue weighted by Gasteiger charge is -2.16. The summed E-state index contributed by atoms with van der Waals surface area (Å²) in [7, 11) is 1.90. The van der Waals surface area contributed by atoms with Crippen LogP contribution < -0.4 is 15.4 Å². The highest BCUT2D eigenvalue weighted by Gasteiger charge is 2.18. The normalized spacial score (nSPS) is 16.5. The summed E-state index contributed by atoms with van der Waals surface area (Å²) >= 11 is 3.58. The van der Waals surface area contributed by atoms with Gasteiger partial charge in [-0.2, -0.15) is 5.10 Å². The number of ether oxygens (including phenoxy) is 1. The Morgan fingerprint density at radius 2 is 2.29 bits per heavy atom. The zero-order valence-electron chi connectivity index (χ0n) is 16.8. The lowest BCUT2D eigenvalue weighted by molar-refractivity contribution is -0.116. The van der Waals surface area contributed by atoms with E-state index in [2.05, 4.69) is 31.7 Å². The summed E-state index contributed by atoms with van der Waals surface area (Å²) < 4.78 is 8.84. The number of carbonyl (C=O) groups excluding carboxylic acids is 1. The first-order valence-electron chi connectivity index (χ1n) is 9.92. The largest absolute Gasteiger partial charge is 0.493 e. The van der Waals surface area contributed by atoms with Crippen LogP contribution in [0.2, 0.25) is 0 Å². The Balaban J connectivity index is 1.80.